The third-order valence-electron chi connectivity index (χ3n) is 2.18. The number of rotatable bonds is 4. The van der Waals surface area contributed by atoms with E-state index < -0.39 is 0 Å². The van der Waals surface area contributed by atoms with Crippen LogP contribution in [0, 0.1) is 0 Å². The summed E-state index contributed by atoms with van der Waals surface area (Å²) in [6.45, 7) is 0.991. The van der Waals surface area contributed by atoms with Gasteiger partial charge in [0.2, 0.25) is 5.91 Å². The maximum absolute atomic E-state index is 11.5. The van der Waals surface area contributed by atoms with Crippen molar-refractivity contribution in [3.8, 4) is 0 Å². The normalized spacial score (nSPS) is 10.6. The number of halogens is 1. The molecular formula is C11H16ClN3O. The van der Waals surface area contributed by atoms with Gasteiger partial charge in [0.15, 0.2) is 0 Å². The summed E-state index contributed by atoms with van der Waals surface area (Å²) in [6.07, 6.45) is 1.65. The largest absolute Gasteiger partial charge is 0.348 e. The van der Waals surface area contributed by atoms with Crippen molar-refractivity contribution in [3.05, 3.63) is 29.0 Å². The lowest BCUT2D eigenvalue weighted by Gasteiger charge is -2.19. The maximum atomic E-state index is 11.5. The molecule has 1 rings (SSSR count). The van der Waals surface area contributed by atoms with Crippen molar-refractivity contribution < 1.29 is 4.79 Å². The molecule has 0 bridgehead atoms. The number of pyridine rings is 1. The van der Waals surface area contributed by atoms with Gasteiger partial charge in [-0.1, -0.05) is 17.7 Å². The van der Waals surface area contributed by atoms with E-state index in [0.717, 1.165) is 5.56 Å². The minimum absolute atomic E-state index is 0.0718. The Labute approximate surface area is 101 Å². The van der Waals surface area contributed by atoms with Gasteiger partial charge in [-0.3, -0.25) is 9.69 Å². The van der Waals surface area contributed by atoms with E-state index in [1.54, 1.807) is 25.2 Å². The fourth-order valence-corrected chi connectivity index (χ4v) is 1.44. The Morgan fingerprint density at radius 2 is 2.12 bits per heavy atom. The molecule has 0 aliphatic rings. The highest BCUT2D eigenvalue weighted by Gasteiger charge is 2.10. The van der Waals surface area contributed by atoms with Crippen molar-refractivity contribution in [3.63, 3.8) is 0 Å². The molecule has 0 aliphatic heterocycles. The van der Waals surface area contributed by atoms with Gasteiger partial charge >= 0.3 is 0 Å². The van der Waals surface area contributed by atoms with Gasteiger partial charge in [0.1, 0.15) is 5.15 Å². The Kier molecular flexibility index (Phi) is 4.71. The minimum Gasteiger partial charge on any atom is -0.348 e. The summed E-state index contributed by atoms with van der Waals surface area (Å²) in [5.74, 6) is 0.0718. The summed E-state index contributed by atoms with van der Waals surface area (Å²) in [5, 5.41) is 0.492. The second-order valence-electron chi connectivity index (χ2n) is 3.91. The van der Waals surface area contributed by atoms with E-state index in [2.05, 4.69) is 4.98 Å². The van der Waals surface area contributed by atoms with E-state index in [9.17, 15) is 4.79 Å². The SMILES string of the molecule is CN(CC(=O)N(C)C)Cc1cccnc1Cl. The Bertz CT molecular complexity index is 368. The van der Waals surface area contributed by atoms with Crippen LogP contribution in [0.4, 0.5) is 0 Å². The van der Waals surface area contributed by atoms with Crippen LogP contribution in [0.2, 0.25) is 5.15 Å². The fourth-order valence-electron chi connectivity index (χ4n) is 1.26. The van der Waals surface area contributed by atoms with E-state index in [0.29, 0.717) is 18.2 Å². The van der Waals surface area contributed by atoms with Crippen molar-refractivity contribution >= 4 is 17.5 Å². The number of hydrogen-bond acceptors (Lipinski definition) is 3. The van der Waals surface area contributed by atoms with Crippen LogP contribution in [0.3, 0.4) is 0 Å². The predicted molar refractivity (Wildman–Crippen MR) is 64.3 cm³/mol. The molecule has 0 aliphatic carbocycles. The zero-order valence-corrected chi connectivity index (χ0v) is 10.5. The molecule has 0 fully saturated rings. The molecule has 0 spiro atoms. The molecule has 1 amide bonds. The zero-order chi connectivity index (χ0) is 12.1. The summed E-state index contributed by atoms with van der Waals surface area (Å²) in [4.78, 5) is 18.9. The number of carbonyl (C=O) groups is 1. The van der Waals surface area contributed by atoms with E-state index >= 15 is 0 Å². The summed E-state index contributed by atoms with van der Waals surface area (Å²) in [6, 6.07) is 3.74. The van der Waals surface area contributed by atoms with Gasteiger partial charge < -0.3 is 4.90 Å². The molecule has 1 aromatic rings. The van der Waals surface area contributed by atoms with Crippen LogP contribution in [-0.4, -0.2) is 48.4 Å². The van der Waals surface area contributed by atoms with Crippen LogP contribution in [0.5, 0.6) is 0 Å². The Balaban J connectivity index is 2.55. The molecule has 0 atom stereocenters. The third-order valence-corrected chi connectivity index (χ3v) is 2.52. The first-order chi connectivity index (χ1) is 7.50. The molecule has 0 unspecified atom stereocenters. The summed E-state index contributed by atoms with van der Waals surface area (Å²) < 4.78 is 0. The highest BCUT2D eigenvalue weighted by atomic mass is 35.5. The minimum atomic E-state index is 0.0718. The van der Waals surface area contributed by atoms with E-state index in [-0.39, 0.29) is 5.91 Å². The molecule has 1 heterocycles. The van der Waals surface area contributed by atoms with Gasteiger partial charge in [-0.2, -0.15) is 0 Å². The topological polar surface area (TPSA) is 36.4 Å². The van der Waals surface area contributed by atoms with Crippen molar-refractivity contribution in [1.29, 1.82) is 0 Å². The number of hydrogen-bond donors (Lipinski definition) is 0. The molecule has 5 heteroatoms. The van der Waals surface area contributed by atoms with Crippen LogP contribution in [0.25, 0.3) is 0 Å². The Hall–Kier alpha value is -1.13. The van der Waals surface area contributed by atoms with Crippen molar-refractivity contribution in [2.45, 2.75) is 6.54 Å². The molecule has 88 valence electrons. The van der Waals surface area contributed by atoms with Crippen LogP contribution in [0.1, 0.15) is 5.56 Å². The quantitative estimate of drug-likeness (QED) is 0.745. The van der Waals surface area contributed by atoms with Gasteiger partial charge in [-0.15, -0.1) is 0 Å². The van der Waals surface area contributed by atoms with Gasteiger partial charge in [-0.05, 0) is 13.1 Å². The van der Waals surface area contributed by atoms with Gasteiger partial charge in [-0.25, -0.2) is 4.98 Å². The maximum Gasteiger partial charge on any atom is 0.236 e. The number of amides is 1. The standard InChI is InChI=1S/C11H16ClN3O/c1-14(2)10(16)8-15(3)7-9-5-4-6-13-11(9)12/h4-6H,7-8H2,1-3H3. The van der Waals surface area contributed by atoms with Crippen LogP contribution < -0.4 is 0 Å². The number of likely N-dealkylation sites (N-methyl/N-ethyl adjacent to an activating group) is 2. The molecule has 4 nitrogen and oxygen atoms in total. The Morgan fingerprint density at radius 1 is 1.44 bits per heavy atom. The van der Waals surface area contributed by atoms with Crippen molar-refractivity contribution in [2.24, 2.45) is 0 Å². The lowest BCUT2D eigenvalue weighted by molar-refractivity contribution is -0.129. The molecule has 16 heavy (non-hydrogen) atoms. The smallest absolute Gasteiger partial charge is 0.236 e. The molecule has 0 aromatic carbocycles. The fraction of sp³-hybridized carbons (Fsp3) is 0.455. The molecule has 0 saturated heterocycles. The lowest BCUT2D eigenvalue weighted by Crippen LogP contribution is -2.34. The van der Waals surface area contributed by atoms with E-state index in [4.69, 9.17) is 11.6 Å². The monoisotopic (exact) mass is 241 g/mol. The van der Waals surface area contributed by atoms with E-state index in [1.807, 2.05) is 24.1 Å². The number of aromatic nitrogens is 1. The van der Waals surface area contributed by atoms with Gasteiger partial charge in [0.05, 0.1) is 6.54 Å². The molecule has 0 saturated carbocycles. The lowest BCUT2D eigenvalue weighted by atomic mass is 10.2. The molecule has 1 aromatic heterocycles. The predicted octanol–water partition coefficient (Wildman–Crippen LogP) is 1.25. The number of nitrogens with zero attached hydrogens (tertiary/aromatic N) is 3. The van der Waals surface area contributed by atoms with Crippen molar-refractivity contribution in [2.75, 3.05) is 27.7 Å². The van der Waals surface area contributed by atoms with Crippen LogP contribution >= 0.6 is 11.6 Å². The summed E-state index contributed by atoms with van der Waals surface area (Å²) in [5.41, 5.74) is 0.929. The zero-order valence-electron chi connectivity index (χ0n) is 9.77. The second kappa shape index (κ2) is 5.82. The second-order valence-corrected chi connectivity index (χ2v) is 4.27. The average Bonchev–Trinajstić information content (AvgIpc) is 2.21. The molecule has 0 radical (unpaired) electrons. The first-order valence-corrected chi connectivity index (χ1v) is 5.36. The Morgan fingerprint density at radius 3 is 2.69 bits per heavy atom. The first kappa shape index (κ1) is 12.9. The summed E-state index contributed by atoms with van der Waals surface area (Å²) in [7, 11) is 5.37. The molecular weight excluding hydrogens is 226 g/mol. The summed E-state index contributed by atoms with van der Waals surface area (Å²) >= 11 is 5.93. The molecule has 0 N–H and O–H groups in total. The first-order valence-electron chi connectivity index (χ1n) is 4.99. The van der Waals surface area contributed by atoms with Crippen LogP contribution in [-0.2, 0) is 11.3 Å². The average molecular weight is 242 g/mol. The van der Waals surface area contributed by atoms with Crippen LogP contribution in [0.15, 0.2) is 18.3 Å². The number of carbonyl (C=O) groups excluding carboxylic acids is 1. The van der Waals surface area contributed by atoms with Crippen molar-refractivity contribution in [1.82, 2.24) is 14.8 Å². The highest BCUT2D eigenvalue weighted by Crippen LogP contribution is 2.13. The highest BCUT2D eigenvalue weighted by molar-refractivity contribution is 6.30. The van der Waals surface area contributed by atoms with Gasteiger partial charge in [0.25, 0.3) is 0 Å². The van der Waals surface area contributed by atoms with Gasteiger partial charge in [0, 0.05) is 32.4 Å². The van der Waals surface area contributed by atoms with E-state index in [1.165, 1.54) is 0 Å². The third kappa shape index (κ3) is 3.79.